The van der Waals surface area contributed by atoms with Crippen LogP contribution in [-0.2, 0) is 9.47 Å². The Balaban J connectivity index is 4.20. The smallest absolute Gasteiger partial charge is 0.407 e. The molecular weight excluding hydrogens is 296 g/mol. The molecule has 1 amide bonds. The zero-order valence-corrected chi connectivity index (χ0v) is 15.3. The highest BCUT2D eigenvalue weighted by molar-refractivity contribution is 5.79. The number of nitrogens with zero attached hydrogens (tertiary/aromatic N) is 1. The Morgan fingerprint density at radius 3 is 2.48 bits per heavy atom. The number of rotatable bonds is 11. The van der Waals surface area contributed by atoms with E-state index in [1.165, 1.54) is 0 Å². The third kappa shape index (κ3) is 12.7. The topological polar surface area (TPSA) is 84.0 Å². The molecule has 0 heterocycles. The van der Waals surface area contributed by atoms with Gasteiger partial charge in [0.15, 0.2) is 5.96 Å². The van der Waals surface area contributed by atoms with E-state index in [9.17, 15) is 4.79 Å². The molecule has 0 aromatic carbocycles. The summed E-state index contributed by atoms with van der Waals surface area (Å²) in [7, 11) is 1.73. The summed E-state index contributed by atoms with van der Waals surface area (Å²) in [6.45, 7) is 11.3. The summed E-state index contributed by atoms with van der Waals surface area (Å²) in [6, 6.07) is -0.00368. The minimum absolute atomic E-state index is 0.00368. The number of ether oxygens (including phenoxy) is 2. The second-order valence-corrected chi connectivity index (χ2v) is 5.62. The van der Waals surface area contributed by atoms with Crippen molar-refractivity contribution in [3.8, 4) is 0 Å². The van der Waals surface area contributed by atoms with Gasteiger partial charge in [0.25, 0.3) is 0 Å². The number of guanidine groups is 1. The molecule has 23 heavy (non-hydrogen) atoms. The molecule has 7 nitrogen and oxygen atoms in total. The van der Waals surface area contributed by atoms with Crippen LogP contribution in [0, 0.1) is 5.92 Å². The molecule has 1 atom stereocenters. The third-order valence-corrected chi connectivity index (χ3v) is 3.05. The lowest BCUT2D eigenvalue weighted by Crippen LogP contribution is -2.47. The van der Waals surface area contributed by atoms with Gasteiger partial charge in [-0.05, 0) is 32.6 Å². The van der Waals surface area contributed by atoms with Gasteiger partial charge in [-0.15, -0.1) is 0 Å². The number of alkyl carbamates (subject to hydrolysis) is 1. The molecule has 0 fully saturated rings. The fourth-order valence-electron chi connectivity index (χ4n) is 2.07. The number of carbonyl (C=O) groups excluding carboxylic acids is 1. The van der Waals surface area contributed by atoms with Gasteiger partial charge in [0.2, 0.25) is 0 Å². The molecule has 0 bridgehead atoms. The van der Waals surface area contributed by atoms with Crippen molar-refractivity contribution in [2.45, 2.75) is 46.6 Å². The molecule has 0 aliphatic carbocycles. The molecule has 0 aliphatic rings. The summed E-state index contributed by atoms with van der Waals surface area (Å²) < 4.78 is 10.2. The zero-order valence-electron chi connectivity index (χ0n) is 15.3. The van der Waals surface area contributed by atoms with Crippen LogP contribution in [0.3, 0.4) is 0 Å². The van der Waals surface area contributed by atoms with Gasteiger partial charge < -0.3 is 25.4 Å². The third-order valence-electron chi connectivity index (χ3n) is 3.05. The van der Waals surface area contributed by atoms with Crippen LogP contribution < -0.4 is 16.0 Å². The predicted molar refractivity (Wildman–Crippen MR) is 93.9 cm³/mol. The average Bonchev–Trinajstić information content (AvgIpc) is 2.49. The largest absolute Gasteiger partial charge is 0.450 e. The van der Waals surface area contributed by atoms with E-state index in [4.69, 9.17) is 9.47 Å². The summed E-state index contributed by atoms with van der Waals surface area (Å²) in [5, 5.41) is 9.36. The van der Waals surface area contributed by atoms with Crippen molar-refractivity contribution in [1.29, 1.82) is 0 Å². The first-order valence-electron chi connectivity index (χ1n) is 8.48. The molecule has 0 saturated carbocycles. The molecule has 0 spiro atoms. The Bertz CT molecular complexity index is 335. The summed E-state index contributed by atoms with van der Waals surface area (Å²) in [4.78, 5) is 15.8. The van der Waals surface area contributed by atoms with E-state index in [0.717, 1.165) is 38.6 Å². The number of nitrogens with one attached hydrogen (secondary N) is 3. The monoisotopic (exact) mass is 330 g/mol. The molecule has 7 heteroatoms. The highest BCUT2D eigenvalue weighted by Crippen LogP contribution is 2.04. The summed E-state index contributed by atoms with van der Waals surface area (Å²) in [5.74, 6) is 1.20. The molecule has 0 aliphatic heterocycles. The number of carbonyl (C=O) groups is 1. The van der Waals surface area contributed by atoms with Crippen LogP contribution in [0.5, 0.6) is 0 Å². The minimum atomic E-state index is -0.375. The number of hydrogen-bond donors (Lipinski definition) is 3. The van der Waals surface area contributed by atoms with E-state index in [1.807, 2.05) is 6.92 Å². The van der Waals surface area contributed by atoms with Gasteiger partial charge in [0.1, 0.15) is 0 Å². The summed E-state index contributed by atoms with van der Waals surface area (Å²) in [5.41, 5.74) is 0. The van der Waals surface area contributed by atoms with Crippen LogP contribution in [0.2, 0.25) is 0 Å². The van der Waals surface area contributed by atoms with Crippen LogP contribution in [0.25, 0.3) is 0 Å². The Hall–Kier alpha value is -1.50. The maximum Gasteiger partial charge on any atom is 0.407 e. The van der Waals surface area contributed by atoms with Gasteiger partial charge in [-0.3, -0.25) is 4.99 Å². The first-order chi connectivity index (χ1) is 11.0. The van der Waals surface area contributed by atoms with Gasteiger partial charge >= 0.3 is 6.09 Å². The van der Waals surface area contributed by atoms with Crippen LogP contribution in [0.1, 0.15) is 40.5 Å². The molecule has 0 aromatic rings. The molecular formula is C16H34N4O3. The molecule has 0 aromatic heterocycles. The highest BCUT2D eigenvalue weighted by atomic mass is 16.5. The molecule has 0 radical (unpaired) electrons. The highest BCUT2D eigenvalue weighted by Gasteiger charge is 2.15. The van der Waals surface area contributed by atoms with E-state index in [0.29, 0.717) is 19.1 Å². The second-order valence-electron chi connectivity index (χ2n) is 5.62. The molecule has 0 saturated heterocycles. The Labute approximate surface area is 140 Å². The average molecular weight is 330 g/mol. The fourth-order valence-corrected chi connectivity index (χ4v) is 2.07. The summed E-state index contributed by atoms with van der Waals surface area (Å²) >= 11 is 0. The van der Waals surface area contributed by atoms with Crippen LogP contribution >= 0.6 is 0 Å². The fraction of sp³-hybridized carbons (Fsp3) is 0.875. The van der Waals surface area contributed by atoms with E-state index in [-0.39, 0.29) is 12.1 Å². The van der Waals surface area contributed by atoms with Crippen LogP contribution in [0.4, 0.5) is 4.79 Å². The molecule has 1 unspecified atom stereocenters. The molecule has 3 N–H and O–H groups in total. The molecule has 0 rings (SSSR count). The predicted octanol–water partition coefficient (Wildman–Crippen LogP) is 1.74. The van der Waals surface area contributed by atoms with Crippen molar-refractivity contribution in [3.05, 3.63) is 0 Å². The van der Waals surface area contributed by atoms with Gasteiger partial charge in [0.05, 0.1) is 6.61 Å². The normalized spacial score (nSPS) is 12.9. The van der Waals surface area contributed by atoms with Gasteiger partial charge in [-0.2, -0.15) is 0 Å². The Kier molecular flexibility index (Phi) is 13.2. The van der Waals surface area contributed by atoms with Crippen LogP contribution in [0.15, 0.2) is 4.99 Å². The lowest BCUT2D eigenvalue weighted by Gasteiger charge is -2.22. The number of aliphatic imine (C=N–C) groups is 1. The first-order valence-corrected chi connectivity index (χ1v) is 8.48. The van der Waals surface area contributed by atoms with Gasteiger partial charge in [0, 0.05) is 39.4 Å². The maximum absolute atomic E-state index is 11.6. The van der Waals surface area contributed by atoms with Crippen molar-refractivity contribution in [3.63, 3.8) is 0 Å². The Morgan fingerprint density at radius 1 is 1.17 bits per heavy atom. The van der Waals surface area contributed by atoms with E-state index in [1.54, 1.807) is 14.0 Å². The maximum atomic E-state index is 11.6. The number of hydrogen-bond acceptors (Lipinski definition) is 4. The van der Waals surface area contributed by atoms with E-state index in [2.05, 4.69) is 34.8 Å². The summed E-state index contributed by atoms with van der Waals surface area (Å²) in [6.07, 6.45) is 1.41. The quantitative estimate of drug-likeness (QED) is 0.305. The SMILES string of the molecule is CCOCCCNC(=NC)NCC(CC(C)C)NC(=O)OCC. The lowest BCUT2D eigenvalue weighted by atomic mass is 10.0. The first kappa shape index (κ1) is 21.5. The standard InChI is InChI=1S/C16H34N4O3/c1-6-22-10-8-9-18-15(17-5)19-12-14(11-13(3)4)20-16(21)23-7-2/h13-14H,6-12H2,1-5H3,(H,20,21)(H2,17,18,19). The second kappa shape index (κ2) is 14.1. The minimum Gasteiger partial charge on any atom is -0.450 e. The van der Waals surface area contributed by atoms with Crippen molar-refractivity contribution in [1.82, 2.24) is 16.0 Å². The van der Waals surface area contributed by atoms with Gasteiger partial charge in [-0.1, -0.05) is 13.8 Å². The van der Waals surface area contributed by atoms with Crippen molar-refractivity contribution in [2.75, 3.05) is 40.0 Å². The number of amides is 1. The molecule has 136 valence electrons. The van der Waals surface area contributed by atoms with Crippen molar-refractivity contribution in [2.24, 2.45) is 10.9 Å². The zero-order chi connectivity index (χ0) is 17.5. The van der Waals surface area contributed by atoms with Crippen molar-refractivity contribution < 1.29 is 14.3 Å². The lowest BCUT2D eigenvalue weighted by molar-refractivity contribution is 0.145. The van der Waals surface area contributed by atoms with Crippen LogP contribution in [-0.4, -0.2) is 58.1 Å². The van der Waals surface area contributed by atoms with Gasteiger partial charge in [-0.25, -0.2) is 4.79 Å². The van der Waals surface area contributed by atoms with E-state index < -0.39 is 0 Å². The van der Waals surface area contributed by atoms with E-state index >= 15 is 0 Å². The Morgan fingerprint density at radius 2 is 1.91 bits per heavy atom. The van der Waals surface area contributed by atoms with Crippen molar-refractivity contribution >= 4 is 12.1 Å².